The van der Waals surface area contributed by atoms with E-state index in [4.69, 9.17) is 5.11 Å². The quantitative estimate of drug-likeness (QED) is 0.864. The summed E-state index contributed by atoms with van der Waals surface area (Å²) in [6.45, 7) is 0.963. The van der Waals surface area contributed by atoms with E-state index in [0.717, 1.165) is 12.1 Å². The van der Waals surface area contributed by atoms with Crippen molar-refractivity contribution in [2.24, 2.45) is 0 Å². The number of hydrogen-bond acceptors (Lipinski definition) is 3. The molecule has 20 heavy (non-hydrogen) atoms. The second-order valence-corrected chi connectivity index (χ2v) is 3.92. The fourth-order valence-electron chi connectivity index (χ4n) is 1.37. The molecule has 0 aliphatic rings. The summed E-state index contributed by atoms with van der Waals surface area (Å²) in [6, 6.07) is 2.24. The Balaban J connectivity index is 3.14. The third kappa shape index (κ3) is 5.55. The largest absolute Gasteiger partial charge is 0.573 e. The standard InChI is InChI=1S/C11H10F6O3/c1-6(5-18)7-2-8(19-10(12,13)14)4-9(3-7)20-11(15,16)17/h2-4,6,18H,5H2,1H3. The van der Waals surface area contributed by atoms with Crippen molar-refractivity contribution in [3.8, 4) is 11.5 Å². The van der Waals surface area contributed by atoms with Gasteiger partial charge in [-0.05, 0) is 17.7 Å². The lowest BCUT2D eigenvalue weighted by atomic mass is 10.0. The van der Waals surface area contributed by atoms with Crippen LogP contribution in [0.4, 0.5) is 26.3 Å². The Labute approximate surface area is 109 Å². The molecule has 1 aromatic carbocycles. The molecule has 1 atom stereocenters. The first-order valence-corrected chi connectivity index (χ1v) is 5.27. The summed E-state index contributed by atoms with van der Waals surface area (Å²) >= 11 is 0. The lowest BCUT2D eigenvalue weighted by Crippen LogP contribution is -2.19. The molecule has 0 fully saturated rings. The molecule has 0 aliphatic carbocycles. The zero-order valence-electron chi connectivity index (χ0n) is 10.0. The lowest BCUT2D eigenvalue weighted by Gasteiger charge is -2.16. The predicted molar refractivity (Wildman–Crippen MR) is 55.3 cm³/mol. The molecule has 0 aromatic heterocycles. The number of alkyl halides is 6. The average Bonchev–Trinajstić information content (AvgIpc) is 2.22. The summed E-state index contributed by atoms with van der Waals surface area (Å²) < 4.78 is 79.7. The molecule has 1 rings (SSSR count). The Morgan fingerprint density at radius 3 is 1.65 bits per heavy atom. The summed E-state index contributed by atoms with van der Waals surface area (Å²) in [7, 11) is 0. The van der Waals surface area contributed by atoms with E-state index in [0.29, 0.717) is 6.07 Å². The molecular weight excluding hydrogens is 294 g/mol. The minimum Gasteiger partial charge on any atom is -0.406 e. The summed E-state index contributed by atoms with van der Waals surface area (Å²) in [5, 5.41) is 8.91. The average molecular weight is 304 g/mol. The number of aliphatic hydroxyl groups is 1. The molecule has 114 valence electrons. The van der Waals surface area contributed by atoms with E-state index in [9.17, 15) is 26.3 Å². The second kappa shape index (κ2) is 5.78. The van der Waals surface area contributed by atoms with Crippen molar-refractivity contribution >= 4 is 0 Å². The molecule has 0 aliphatic heterocycles. The van der Waals surface area contributed by atoms with Gasteiger partial charge in [-0.3, -0.25) is 0 Å². The van der Waals surface area contributed by atoms with Gasteiger partial charge in [-0.25, -0.2) is 0 Å². The Bertz CT molecular complexity index is 420. The number of rotatable bonds is 4. The van der Waals surface area contributed by atoms with Crippen molar-refractivity contribution in [1.82, 2.24) is 0 Å². The van der Waals surface area contributed by atoms with E-state index in [2.05, 4.69) is 9.47 Å². The van der Waals surface area contributed by atoms with E-state index in [1.807, 2.05) is 0 Å². The Morgan fingerprint density at radius 2 is 1.35 bits per heavy atom. The van der Waals surface area contributed by atoms with Crippen LogP contribution >= 0.6 is 0 Å². The molecule has 3 nitrogen and oxygen atoms in total. The molecule has 1 N–H and O–H groups in total. The fraction of sp³-hybridized carbons (Fsp3) is 0.455. The second-order valence-electron chi connectivity index (χ2n) is 3.92. The van der Waals surface area contributed by atoms with Gasteiger partial charge in [0, 0.05) is 18.6 Å². The van der Waals surface area contributed by atoms with Crippen LogP contribution in [-0.4, -0.2) is 24.4 Å². The molecule has 0 saturated carbocycles. The van der Waals surface area contributed by atoms with Gasteiger partial charge in [0.05, 0.1) is 0 Å². The Hall–Kier alpha value is -1.64. The number of ether oxygens (including phenoxy) is 2. The first kappa shape index (κ1) is 16.4. The van der Waals surface area contributed by atoms with E-state index < -0.39 is 36.7 Å². The van der Waals surface area contributed by atoms with Crippen molar-refractivity contribution in [3.05, 3.63) is 23.8 Å². The van der Waals surface area contributed by atoms with Gasteiger partial charge in [-0.15, -0.1) is 26.3 Å². The van der Waals surface area contributed by atoms with Crippen molar-refractivity contribution in [3.63, 3.8) is 0 Å². The summed E-state index contributed by atoms with van der Waals surface area (Å²) in [5.41, 5.74) is 0.0218. The van der Waals surface area contributed by atoms with Crippen LogP contribution in [0, 0.1) is 0 Å². The van der Waals surface area contributed by atoms with Crippen molar-refractivity contribution in [2.75, 3.05) is 6.61 Å². The number of benzene rings is 1. The van der Waals surface area contributed by atoms with Crippen LogP contribution in [0.2, 0.25) is 0 Å². The summed E-state index contributed by atoms with van der Waals surface area (Å²) in [5.74, 6) is -2.38. The monoisotopic (exact) mass is 304 g/mol. The number of halogens is 6. The maximum atomic E-state index is 12.1. The van der Waals surface area contributed by atoms with Crippen LogP contribution in [0.25, 0.3) is 0 Å². The zero-order valence-corrected chi connectivity index (χ0v) is 10.0. The molecule has 0 bridgehead atoms. The third-order valence-corrected chi connectivity index (χ3v) is 2.21. The zero-order chi connectivity index (χ0) is 15.6. The summed E-state index contributed by atoms with van der Waals surface area (Å²) in [6.07, 6.45) is -10.1. The van der Waals surface area contributed by atoms with Gasteiger partial charge in [-0.2, -0.15) is 0 Å². The van der Waals surface area contributed by atoms with Gasteiger partial charge in [0.25, 0.3) is 0 Å². The van der Waals surface area contributed by atoms with Crippen LogP contribution in [-0.2, 0) is 0 Å². The van der Waals surface area contributed by atoms with Gasteiger partial charge >= 0.3 is 12.7 Å². The third-order valence-electron chi connectivity index (χ3n) is 2.21. The minimum absolute atomic E-state index is 0.0218. The van der Waals surface area contributed by atoms with Gasteiger partial charge in [0.1, 0.15) is 11.5 Å². The lowest BCUT2D eigenvalue weighted by molar-refractivity contribution is -0.276. The summed E-state index contributed by atoms with van der Waals surface area (Å²) in [4.78, 5) is 0. The van der Waals surface area contributed by atoms with E-state index in [-0.39, 0.29) is 5.56 Å². The molecule has 9 heteroatoms. The van der Waals surface area contributed by atoms with E-state index in [1.165, 1.54) is 6.92 Å². The highest BCUT2D eigenvalue weighted by Gasteiger charge is 2.34. The Kier molecular flexibility index (Phi) is 4.74. The van der Waals surface area contributed by atoms with Crippen LogP contribution in [0.5, 0.6) is 11.5 Å². The molecule has 0 radical (unpaired) electrons. The Morgan fingerprint density at radius 1 is 0.950 bits per heavy atom. The first-order chi connectivity index (χ1) is 9.00. The number of aliphatic hydroxyl groups excluding tert-OH is 1. The SMILES string of the molecule is CC(CO)c1cc(OC(F)(F)F)cc(OC(F)(F)F)c1. The van der Waals surface area contributed by atoms with Crippen LogP contribution in [0.3, 0.4) is 0 Å². The smallest absolute Gasteiger partial charge is 0.406 e. The van der Waals surface area contributed by atoms with Crippen molar-refractivity contribution < 1.29 is 40.9 Å². The topological polar surface area (TPSA) is 38.7 Å². The van der Waals surface area contributed by atoms with Crippen LogP contribution < -0.4 is 9.47 Å². The minimum atomic E-state index is -5.05. The molecule has 0 amide bonds. The highest BCUT2D eigenvalue weighted by molar-refractivity contribution is 5.40. The van der Waals surface area contributed by atoms with Gasteiger partial charge in [0.2, 0.25) is 0 Å². The molecule has 1 aromatic rings. The number of hydrogen-bond donors (Lipinski definition) is 1. The first-order valence-electron chi connectivity index (χ1n) is 5.27. The van der Waals surface area contributed by atoms with Gasteiger partial charge in [0.15, 0.2) is 0 Å². The van der Waals surface area contributed by atoms with Gasteiger partial charge < -0.3 is 14.6 Å². The maximum absolute atomic E-state index is 12.1. The molecule has 1 unspecified atom stereocenters. The molecular formula is C11H10F6O3. The van der Waals surface area contributed by atoms with Crippen LogP contribution in [0.1, 0.15) is 18.4 Å². The van der Waals surface area contributed by atoms with E-state index >= 15 is 0 Å². The highest BCUT2D eigenvalue weighted by Crippen LogP contribution is 2.33. The molecule has 0 saturated heterocycles. The predicted octanol–water partition coefficient (Wildman–Crippen LogP) is 3.58. The molecule has 0 spiro atoms. The highest BCUT2D eigenvalue weighted by atomic mass is 19.4. The maximum Gasteiger partial charge on any atom is 0.573 e. The normalized spacial score (nSPS) is 14.0. The van der Waals surface area contributed by atoms with E-state index in [1.54, 1.807) is 0 Å². The van der Waals surface area contributed by atoms with Gasteiger partial charge in [-0.1, -0.05) is 6.92 Å². The van der Waals surface area contributed by atoms with Crippen molar-refractivity contribution in [2.45, 2.75) is 25.6 Å². The molecule has 0 heterocycles. The van der Waals surface area contributed by atoms with Crippen molar-refractivity contribution in [1.29, 1.82) is 0 Å². The fourth-order valence-corrected chi connectivity index (χ4v) is 1.37. The van der Waals surface area contributed by atoms with Crippen LogP contribution in [0.15, 0.2) is 18.2 Å².